The van der Waals surface area contributed by atoms with Gasteiger partial charge in [-0.15, -0.1) is 0 Å². The molecule has 17 heavy (non-hydrogen) atoms. The van der Waals surface area contributed by atoms with Crippen LogP contribution in [0.5, 0.6) is 0 Å². The molecule has 0 spiro atoms. The van der Waals surface area contributed by atoms with Crippen LogP contribution in [0.2, 0.25) is 0 Å². The van der Waals surface area contributed by atoms with Gasteiger partial charge in [-0.1, -0.05) is 0 Å². The summed E-state index contributed by atoms with van der Waals surface area (Å²) in [6.07, 6.45) is 4.15. The largest absolute Gasteiger partial charge is 0.329 e. The van der Waals surface area contributed by atoms with E-state index in [-0.39, 0.29) is 0 Å². The first kappa shape index (κ1) is 13.7. The molecule has 2 saturated heterocycles. The third-order valence-corrected chi connectivity index (χ3v) is 5.47. The van der Waals surface area contributed by atoms with Gasteiger partial charge in [0, 0.05) is 25.7 Å². The summed E-state index contributed by atoms with van der Waals surface area (Å²) in [5.74, 6) is 3.48. The molecule has 0 saturated carbocycles. The summed E-state index contributed by atoms with van der Waals surface area (Å²) in [6.45, 7) is 5.85. The van der Waals surface area contributed by atoms with E-state index in [9.17, 15) is 0 Å². The fourth-order valence-electron chi connectivity index (χ4n) is 3.06. The maximum atomic E-state index is 5.97. The summed E-state index contributed by atoms with van der Waals surface area (Å²) < 4.78 is 0. The van der Waals surface area contributed by atoms with Crippen LogP contribution >= 0.6 is 11.8 Å². The Labute approximate surface area is 110 Å². The highest BCUT2D eigenvalue weighted by Crippen LogP contribution is 2.28. The second kappa shape index (κ2) is 6.98. The molecule has 3 nitrogen and oxygen atoms in total. The van der Waals surface area contributed by atoms with Crippen LogP contribution in [0.15, 0.2) is 0 Å². The molecule has 0 aromatic carbocycles. The zero-order valence-electron chi connectivity index (χ0n) is 11.1. The molecule has 2 N–H and O–H groups in total. The first-order valence-corrected chi connectivity index (χ1v) is 8.17. The molecule has 2 atom stereocenters. The molecule has 0 amide bonds. The lowest BCUT2D eigenvalue weighted by atomic mass is 9.98. The van der Waals surface area contributed by atoms with Gasteiger partial charge >= 0.3 is 0 Å². The minimum absolute atomic E-state index is 0.604. The van der Waals surface area contributed by atoms with Gasteiger partial charge in [-0.05, 0) is 56.8 Å². The third kappa shape index (κ3) is 3.85. The van der Waals surface area contributed by atoms with Gasteiger partial charge in [0.1, 0.15) is 0 Å². The Morgan fingerprint density at radius 2 is 2.18 bits per heavy atom. The van der Waals surface area contributed by atoms with Crippen molar-refractivity contribution in [2.45, 2.75) is 25.3 Å². The number of nitrogens with zero attached hydrogens (tertiary/aromatic N) is 2. The zero-order chi connectivity index (χ0) is 12.1. The van der Waals surface area contributed by atoms with E-state index in [1.54, 1.807) is 0 Å². The topological polar surface area (TPSA) is 32.5 Å². The van der Waals surface area contributed by atoms with Crippen molar-refractivity contribution in [3.8, 4) is 0 Å². The average molecular weight is 257 g/mol. The van der Waals surface area contributed by atoms with Gasteiger partial charge in [0.05, 0.1) is 0 Å². The molecule has 0 aromatic heterocycles. The molecule has 0 aromatic rings. The number of thioether (sulfide) groups is 1. The van der Waals surface area contributed by atoms with E-state index < -0.39 is 0 Å². The van der Waals surface area contributed by atoms with Gasteiger partial charge in [-0.25, -0.2) is 0 Å². The van der Waals surface area contributed by atoms with Crippen molar-refractivity contribution in [3.63, 3.8) is 0 Å². The highest BCUT2D eigenvalue weighted by atomic mass is 32.2. The smallest absolute Gasteiger partial charge is 0.0252 e. The lowest BCUT2D eigenvalue weighted by molar-refractivity contribution is 0.169. The van der Waals surface area contributed by atoms with Crippen LogP contribution in [0, 0.1) is 5.92 Å². The second-order valence-corrected chi connectivity index (χ2v) is 6.61. The quantitative estimate of drug-likeness (QED) is 0.772. The summed E-state index contributed by atoms with van der Waals surface area (Å²) in [5, 5.41) is 0. The minimum atomic E-state index is 0.604. The molecule has 0 bridgehead atoms. The van der Waals surface area contributed by atoms with Crippen LogP contribution in [-0.2, 0) is 0 Å². The molecule has 2 fully saturated rings. The minimum Gasteiger partial charge on any atom is -0.329 e. The second-order valence-electron chi connectivity index (χ2n) is 5.46. The van der Waals surface area contributed by atoms with Gasteiger partial charge in [0.2, 0.25) is 0 Å². The summed E-state index contributed by atoms with van der Waals surface area (Å²) in [5.41, 5.74) is 5.97. The Morgan fingerprint density at radius 1 is 1.41 bits per heavy atom. The van der Waals surface area contributed by atoms with Crippen molar-refractivity contribution in [3.05, 3.63) is 0 Å². The molecule has 2 aliphatic rings. The Morgan fingerprint density at radius 3 is 2.76 bits per heavy atom. The molecule has 2 heterocycles. The normalized spacial score (nSPS) is 28.1. The van der Waals surface area contributed by atoms with Gasteiger partial charge in [0.25, 0.3) is 0 Å². The Kier molecular flexibility index (Phi) is 5.60. The maximum absolute atomic E-state index is 5.97. The van der Waals surface area contributed by atoms with Crippen LogP contribution in [0.1, 0.15) is 19.3 Å². The number of hydrogen-bond donors (Lipinski definition) is 1. The van der Waals surface area contributed by atoms with Crippen LogP contribution in [0.4, 0.5) is 0 Å². The van der Waals surface area contributed by atoms with Crippen LogP contribution in [0.3, 0.4) is 0 Å². The Balaban J connectivity index is 1.73. The highest BCUT2D eigenvalue weighted by molar-refractivity contribution is 7.99. The maximum Gasteiger partial charge on any atom is 0.0252 e. The van der Waals surface area contributed by atoms with E-state index in [1.165, 1.54) is 56.9 Å². The number of likely N-dealkylation sites (tertiary alicyclic amines) is 1. The number of nitrogens with two attached hydrogens (primary N) is 1. The van der Waals surface area contributed by atoms with Crippen molar-refractivity contribution < 1.29 is 0 Å². The molecule has 2 aliphatic heterocycles. The van der Waals surface area contributed by atoms with E-state index in [4.69, 9.17) is 5.73 Å². The van der Waals surface area contributed by atoms with Crippen molar-refractivity contribution in [2.24, 2.45) is 11.7 Å². The van der Waals surface area contributed by atoms with E-state index in [2.05, 4.69) is 28.6 Å². The van der Waals surface area contributed by atoms with Gasteiger partial charge in [-0.3, -0.25) is 0 Å². The fourth-order valence-corrected chi connectivity index (χ4v) is 4.39. The highest BCUT2D eigenvalue weighted by Gasteiger charge is 2.27. The Hall–Kier alpha value is 0.230. The average Bonchev–Trinajstić information content (AvgIpc) is 3.00. The van der Waals surface area contributed by atoms with Crippen LogP contribution in [0.25, 0.3) is 0 Å². The van der Waals surface area contributed by atoms with Crippen molar-refractivity contribution in [1.29, 1.82) is 0 Å². The molecule has 0 radical (unpaired) electrons. The number of rotatable bonds is 6. The van der Waals surface area contributed by atoms with Gasteiger partial charge in [-0.2, -0.15) is 11.8 Å². The molecule has 100 valence electrons. The first-order valence-electron chi connectivity index (χ1n) is 7.01. The Bertz CT molecular complexity index is 213. The molecular weight excluding hydrogens is 230 g/mol. The fraction of sp³-hybridized carbons (Fsp3) is 1.00. The standard InChI is InChI=1S/C13H27N3S/c1-15(7-8-16-5-2-3-6-16)13(10-14)12-4-9-17-11-12/h12-13H,2-11,14H2,1H3. The molecule has 2 unspecified atom stereocenters. The van der Waals surface area contributed by atoms with Crippen molar-refractivity contribution in [2.75, 3.05) is 51.3 Å². The van der Waals surface area contributed by atoms with Crippen LogP contribution < -0.4 is 5.73 Å². The third-order valence-electron chi connectivity index (χ3n) is 4.28. The van der Waals surface area contributed by atoms with Gasteiger partial charge < -0.3 is 15.5 Å². The summed E-state index contributed by atoms with van der Waals surface area (Å²) >= 11 is 2.09. The lowest BCUT2D eigenvalue weighted by Gasteiger charge is -2.32. The predicted molar refractivity (Wildman–Crippen MR) is 76.6 cm³/mol. The molecule has 0 aliphatic carbocycles. The van der Waals surface area contributed by atoms with Crippen LogP contribution in [-0.4, -0.2) is 67.1 Å². The molecule has 2 rings (SSSR count). The monoisotopic (exact) mass is 257 g/mol. The van der Waals surface area contributed by atoms with Crippen molar-refractivity contribution in [1.82, 2.24) is 9.80 Å². The van der Waals surface area contributed by atoms with E-state index >= 15 is 0 Å². The van der Waals surface area contributed by atoms with Gasteiger partial charge in [0.15, 0.2) is 0 Å². The predicted octanol–water partition coefficient (Wildman–Crippen LogP) is 1.09. The lowest BCUT2D eigenvalue weighted by Crippen LogP contribution is -2.46. The SMILES string of the molecule is CN(CCN1CCCC1)C(CN)C1CCSC1. The summed E-state index contributed by atoms with van der Waals surface area (Å²) in [4.78, 5) is 5.10. The van der Waals surface area contributed by atoms with Crippen molar-refractivity contribution >= 4 is 11.8 Å². The van der Waals surface area contributed by atoms with E-state index in [0.717, 1.165) is 12.5 Å². The van der Waals surface area contributed by atoms with E-state index in [0.29, 0.717) is 6.04 Å². The number of likely N-dealkylation sites (N-methyl/N-ethyl adjacent to an activating group) is 1. The summed E-state index contributed by atoms with van der Waals surface area (Å²) in [6, 6.07) is 0.604. The summed E-state index contributed by atoms with van der Waals surface area (Å²) in [7, 11) is 2.26. The number of hydrogen-bond acceptors (Lipinski definition) is 4. The first-order chi connectivity index (χ1) is 8.31. The zero-order valence-corrected chi connectivity index (χ0v) is 11.9. The van der Waals surface area contributed by atoms with E-state index in [1.807, 2.05) is 0 Å². The molecular formula is C13H27N3S. The molecule has 4 heteroatoms.